The minimum Gasteiger partial charge on any atom is -0.304 e. The zero-order valence-corrected chi connectivity index (χ0v) is 9.27. The van der Waals surface area contributed by atoms with Gasteiger partial charge in [-0.15, -0.1) is 5.10 Å². The summed E-state index contributed by atoms with van der Waals surface area (Å²) in [5.74, 6) is 0.149. The van der Waals surface area contributed by atoms with E-state index in [4.69, 9.17) is 11.6 Å². The van der Waals surface area contributed by atoms with Crippen LogP contribution in [0.25, 0.3) is 0 Å². The molecule has 0 unspecified atom stereocenters. The van der Waals surface area contributed by atoms with E-state index in [1.807, 2.05) is 0 Å². The zero-order chi connectivity index (χ0) is 11.5. The molecule has 0 bridgehead atoms. The van der Waals surface area contributed by atoms with E-state index in [1.54, 1.807) is 31.3 Å². The highest BCUT2D eigenvalue weighted by molar-refractivity contribution is 6.31. The maximum absolute atomic E-state index is 11.7. The molecule has 1 N–H and O–H groups in total. The van der Waals surface area contributed by atoms with Gasteiger partial charge in [0.1, 0.15) is 0 Å². The van der Waals surface area contributed by atoms with Crippen LogP contribution >= 0.6 is 11.6 Å². The summed E-state index contributed by atoms with van der Waals surface area (Å²) in [7, 11) is 1.68. The van der Waals surface area contributed by atoms with E-state index < -0.39 is 0 Å². The lowest BCUT2D eigenvalue weighted by atomic mass is 10.2. The van der Waals surface area contributed by atoms with Crippen LogP contribution in [0.4, 0.5) is 5.82 Å². The van der Waals surface area contributed by atoms with E-state index in [0.29, 0.717) is 16.4 Å². The van der Waals surface area contributed by atoms with Gasteiger partial charge in [-0.1, -0.05) is 17.7 Å². The number of halogens is 1. The normalized spacial score (nSPS) is 10.1. The fourth-order valence-electron chi connectivity index (χ4n) is 1.22. The van der Waals surface area contributed by atoms with Gasteiger partial charge in [0, 0.05) is 17.6 Å². The minimum absolute atomic E-state index is 0.261. The first-order valence-electron chi connectivity index (χ1n) is 4.58. The summed E-state index contributed by atoms with van der Waals surface area (Å²) in [6.45, 7) is 0. The molecule has 0 saturated carbocycles. The molecule has 0 spiro atoms. The van der Waals surface area contributed by atoms with Gasteiger partial charge in [0.2, 0.25) is 0 Å². The van der Waals surface area contributed by atoms with Crippen LogP contribution in [0, 0.1) is 0 Å². The van der Waals surface area contributed by atoms with Crippen molar-refractivity contribution in [1.29, 1.82) is 0 Å². The van der Waals surface area contributed by atoms with Crippen LogP contribution in [-0.4, -0.2) is 20.9 Å². The topological polar surface area (TPSA) is 59.8 Å². The Kier molecular flexibility index (Phi) is 2.87. The molecule has 0 saturated heterocycles. The van der Waals surface area contributed by atoms with E-state index in [0.717, 1.165) is 0 Å². The smallest absolute Gasteiger partial charge is 0.256 e. The van der Waals surface area contributed by atoms with Gasteiger partial charge in [0.05, 0.1) is 6.20 Å². The van der Waals surface area contributed by atoms with Gasteiger partial charge in [-0.05, 0) is 18.2 Å². The van der Waals surface area contributed by atoms with Crippen molar-refractivity contribution in [2.45, 2.75) is 0 Å². The number of rotatable bonds is 2. The number of amides is 1. The lowest BCUT2D eigenvalue weighted by Gasteiger charge is -2.01. The SMILES string of the molecule is Cn1ncc(NC(=O)c2cccc(Cl)c2)n1. The molecule has 0 aliphatic rings. The Bertz CT molecular complexity index is 523. The Morgan fingerprint density at radius 2 is 2.31 bits per heavy atom. The highest BCUT2D eigenvalue weighted by Gasteiger charge is 2.07. The van der Waals surface area contributed by atoms with Crippen LogP contribution in [-0.2, 0) is 7.05 Å². The molecule has 6 heteroatoms. The molecule has 0 aliphatic carbocycles. The van der Waals surface area contributed by atoms with Gasteiger partial charge in [0.25, 0.3) is 5.91 Å². The second-order valence-electron chi connectivity index (χ2n) is 3.18. The standard InChI is InChI=1S/C10H9ClN4O/c1-15-12-6-9(14-15)13-10(16)7-3-2-4-8(11)5-7/h2-6H,1H3,(H,13,14,16). The minimum atomic E-state index is -0.261. The number of carbonyl (C=O) groups excluding carboxylic acids is 1. The van der Waals surface area contributed by atoms with Crippen molar-refractivity contribution >= 4 is 23.3 Å². The van der Waals surface area contributed by atoms with Crippen molar-refractivity contribution in [1.82, 2.24) is 15.0 Å². The van der Waals surface area contributed by atoms with Crippen LogP contribution in [0.3, 0.4) is 0 Å². The largest absolute Gasteiger partial charge is 0.304 e. The van der Waals surface area contributed by atoms with Crippen molar-refractivity contribution in [2.75, 3.05) is 5.32 Å². The first kappa shape index (κ1) is 10.6. The lowest BCUT2D eigenvalue weighted by Crippen LogP contribution is -2.12. The molecule has 16 heavy (non-hydrogen) atoms. The third-order valence-corrected chi connectivity index (χ3v) is 2.16. The molecule has 2 rings (SSSR count). The third kappa shape index (κ3) is 2.38. The number of hydrogen-bond acceptors (Lipinski definition) is 3. The Balaban J connectivity index is 2.14. The van der Waals surface area contributed by atoms with Crippen molar-refractivity contribution in [3.8, 4) is 0 Å². The molecule has 0 fully saturated rings. The maximum atomic E-state index is 11.7. The lowest BCUT2D eigenvalue weighted by molar-refractivity contribution is 0.102. The number of nitrogens with zero attached hydrogens (tertiary/aromatic N) is 3. The second kappa shape index (κ2) is 4.32. The van der Waals surface area contributed by atoms with Gasteiger partial charge in [-0.3, -0.25) is 4.79 Å². The summed E-state index contributed by atoms with van der Waals surface area (Å²) >= 11 is 5.78. The first-order chi connectivity index (χ1) is 7.65. The molecule has 0 aliphatic heterocycles. The zero-order valence-electron chi connectivity index (χ0n) is 8.51. The highest BCUT2D eigenvalue weighted by atomic mass is 35.5. The fourth-order valence-corrected chi connectivity index (χ4v) is 1.41. The summed E-state index contributed by atoms with van der Waals surface area (Å²) in [6.07, 6.45) is 1.47. The van der Waals surface area contributed by atoms with E-state index in [9.17, 15) is 4.79 Å². The molecule has 0 atom stereocenters. The van der Waals surface area contributed by atoms with Gasteiger partial charge in [-0.25, -0.2) is 0 Å². The van der Waals surface area contributed by atoms with Crippen molar-refractivity contribution in [2.24, 2.45) is 7.05 Å². The third-order valence-electron chi connectivity index (χ3n) is 1.93. The van der Waals surface area contributed by atoms with Crippen LogP contribution in [0.2, 0.25) is 5.02 Å². The number of nitrogens with one attached hydrogen (secondary N) is 1. The molecule has 1 aromatic carbocycles. The highest BCUT2D eigenvalue weighted by Crippen LogP contribution is 2.11. The summed E-state index contributed by atoms with van der Waals surface area (Å²) in [4.78, 5) is 13.1. The number of aryl methyl sites for hydroxylation is 1. The molecule has 2 aromatic rings. The van der Waals surface area contributed by atoms with Crippen molar-refractivity contribution in [3.05, 3.63) is 41.0 Å². The van der Waals surface area contributed by atoms with Gasteiger partial charge < -0.3 is 5.32 Å². The van der Waals surface area contributed by atoms with Crippen LogP contribution < -0.4 is 5.32 Å². The second-order valence-corrected chi connectivity index (χ2v) is 3.62. The van der Waals surface area contributed by atoms with Crippen LogP contribution in [0.15, 0.2) is 30.5 Å². The Morgan fingerprint density at radius 3 is 2.94 bits per heavy atom. The first-order valence-corrected chi connectivity index (χ1v) is 4.96. The summed E-state index contributed by atoms with van der Waals surface area (Å²) in [6, 6.07) is 6.69. The average Bonchev–Trinajstić information content (AvgIpc) is 2.64. The number of anilines is 1. The molecule has 1 amide bonds. The Labute approximate surface area is 97.0 Å². The number of benzene rings is 1. The molecule has 1 aromatic heterocycles. The monoisotopic (exact) mass is 236 g/mol. The molecule has 5 nitrogen and oxygen atoms in total. The van der Waals surface area contributed by atoms with Crippen LogP contribution in [0.1, 0.15) is 10.4 Å². The van der Waals surface area contributed by atoms with Crippen LogP contribution in [0.5, 0.6) is 0 Å². The van der Waals surface area contributed by atoms with Crippen molar-refractivity contribution < 1.29 is 4.79 Å². The number of aromatic nitrogens is 3. The number of hydrogen-bond donors (Lipinski definition) is 1. The summed E-state index contributed by atoms with van der Waals surface area (Å²) in [5, 5.41) is 10.9. The number of carbonyl (C=O) groups is 1. The summed E-state index contributed by atoms with van der Waals surface area (Å²) in [5.41, 5.74) is 0.484. The van der Waals surface area contributed by atoms with Crippen molar-refractivity contribution in [3.63, 3.8) is 0 Å². The molecular formula is C10H9ClN4O. The van der Waals surface area contributed by atoms with E-state index in [2.05, 4.69) is 15.5 Å². The average molecular weight is 237 g/mol. The molecular weight excluding hydrogens is 228 g/mol. The molecule has 82 valence electrons. The van der Waals surface area contributed by atoms with E-state index in [-0.39, 0.29) is 5.91 Å². The van der Waals surface area contributed by atoms with Gasteiger partial charge in [0.15, 0.2) is 5.82 Å². The fraction of sp³-hybridized carbons (Fsp3) is 0.100. The predicted molar refractivity (Wildman–Crippen MR) is 60.4 cm³/mol. The molecule has 0 radical (unpaired) electrons. The predicted octanol–water partition coefficient (Wildman–Crippen LogP) is 1.72. The Morgan fingerprint density at radius 1 is 1.50 bits per heavy atom. The van der Waals surface area contributed by atoms with E-state index >= 15 is 0 Å². The Hall–Kier alpha value is -1.88. The van der Waals surface area contributed by atoms with Gasteiger partial charge in [-0.2, -0.15) is 9.90 Å². The van der Waals surface area contributed by atoms with E-state index in [1.165, 1.54) is 11.0 Å². The summed E-state index contributed by atoms with van der Waals surface area (Å²) < 4.78 is 0. The van der Waals surface area contributed by atoms with Gasteiger partial charge >= 0.3 is 0 Å². The molecule has 1 heterocycles. The quantitative estimate of drug-likeness (QED) is 0.864. The maximum Gasteiger partial charge on any atom is 0.256 e.